The molecule has 0 spiro atoms. The fourth-order valence-corrected chi connectivity index (χ4v) is 1.88. The van der Waals surface area contributed by atoms with Gasteiger partial charge in [-0.1, -0.05) is 12.1 Å². The molecule has 0 bridgehead atoms. The molecule has 3 nitrogen and oxygen atoms in total. The lowest BCUT2D eigenvalue weighted by molar-refractivity contribution is 0.302. The predicted octanol–water partition coefficient (Wildman–Crippen LogP) is 2.91. The highest BCUT2D eigenvalue weighted by Crippen LogP contribution is 2.26. The fourth-order valence-electron chi connectivity index (χ4n) is 1.88. The summed E-state index contributed by atoms with van der Waals surface area (Å²) in [5.41, 5.74) is 2.28. The molecule has 0 saturated carbocycles. The molecule has 0 heterocycles. The van der Waals surface area contributed by atoms with E-state index in [1.165, 1.54) is 0 Å². The highest BCUT2D eigenvalue weighted by Gasteiger charge is 2.14. The zero-order chi connectivity index (χ0) is 12.8. The monoisotopic (exact) mass is 232 g/mol. The molecule has 1 aromatic rings. The third-order valence-corrected chi connectivity index (χ3v) is 2.79. The Bertz CT molecular complexity index is 407. The van der Waals surface area contributed by atoms with Crippen LogP contribution in [-0.2, 0) is 0 Å². The predicted molar refractivity (Wildman–Crippen MR) is 69.0 cm³/mol. The first-order chi connectivity index (χ1) is 8.10. The second kappa shape index (κ2) is 6.27. The lowest BCUT2D eigenvalue weighted by atomic mass is 10.0. The maximum atomic E-state index is 8.85. The Morgan fingerprint density at radius 2 is 2.12 bits per heavy atom. The van der Waals surface area contributed by atoms with Gasteiger partial charge >= 0.3 is 0 Å². The van der Waals surface area contributed by atoms with Crippen molar-refractivity contribution in [3.63, 3.8) is 0 Å². The molecular weight excluding hydrogens is 212 g/mol. The summed E-state index contributed by atoms with van der Waals surface area (Å²) in [5.74, 6) is 0.922. The van der Waals surface area contributed by atoms with Crippen molar-refractivity contribution in [1.29, 1.82) is 5.26 Å². The average molecular weight is 232 g/mol. The van der Waals surface area contributed by atoms with E-state index in [-0.39, 0.29) is 6.04 Å². The van der Waals surface area contributed by atoms with Gasteiger partial charge in [-0.05, 0) is 45.1 Å². The van der Waals surface area contributed by atoms with Crippen LogP contribution >= 0.6 is 0 Å². The fraction of sp³-hybridized carbons (Fsp3) is 0.500. The van der Waals surface area contributed by atoms with Crippen LogP contribution in [0.2, 0.25) is 0 Å². The van der Waals surface area contributed by atoms with Gasteiger partial charge in [0, 0.05) is 6.04 Å². The van der Waals surface area contributed by atoms with E-state index in [9.17, 15) is 0 Å². The molecule has 92 valence electrons. The van der Waals surface area contributed by atoms with Crippen molar-refractivity contribution >= 4 is 0 Å². The molecule has 0 amide bonds. The molecule has 0 aliphatic carbocycles. The minimum atomic E-state index is 0.148. The summed E-state index contributed by atoms with van der Waals surface area (Å²) in [7, 11) is 3.99. The van der Waals surface area contributed by atoms with E-state index in [4.69, 9.17) is 10.00 Å². The minimum Gasteiger partial charge on any atom is -0.494 e. The summed E-state index contributed by atoms with van der Waals surface area (Å²) in [6, 6.07) is 8.52. The van der Waals surface area contributed by atoms with Crippen molar-refractivity contribution in [3.8, 4) is 11.8 Å². The Morgan fingerprint density at radius 3 is 2.59 bits per heavy atom. The number of nitriles is 1. The topological polar surface area (TPSA) is 36.3 Å². The maximum absolute atomic E-state index is 8.85. The van der Waals surface area contributed by atoms with Gasteiger partial charge in [-0.25, -0.2) is 0 Å². The Morgan fingerprint density at radius 1 is 1.41 bits per heavy atom. The highest BCUT2D eigenvalue weighted by molar-refractivity contribution is 5.37. The van der Waals surface area contributed by atoms with Crippen LogP contribution in [-0.4, -0.2) is 25.6 Å². The molecule has 1 atom stereocenters. The van der Waals surface area contributed by atoms with Gasteiger partial charge in [0.25, 0.3) is 0 Å². The normalized spacial score (nSPS) is 12.2. The standard InChI is InChI=1S/C14H20N2O/c1-5-17-14-7-6-12(10-11(14)2)13(8-9-15)16(3)4/h6-7,10,13H,5,8H2,1-4H3. The van der Waals surface area contributed by atoms with E-state index in [0.29, 0.717) is 13.0 Å². The highest BCUT2D eigenvalue weighted by atomic mass is 16.5. The molecule has 3 heteroatoms. The van der Waals surface area contributed by atoms with Crippen molar-refractivity contribution in [2.75, 3.05) is 20.7 Å². The number of aryl methyl sites for hydroxylation is 1. The molecular formula is C14H20N2O. The van der Waals surface area contributed by atoms with Gasteiger partial charge in [0.1, 0.15) is 5.75 Å². The quantitative estimate of drug-likeness (QED) is 0.783. The number of ether oxygens (including phenoxy) is 1. The minimum absolute atomic E-state index is 0.148. The number of benzene rings is 1. The van der Waals surface area contributed by atoms with Crippen LogP contribution in [0, 0.1) is 18.3 Å². The van der Waals surface area contributed by atoms with Crippen LogP contribution in [0.5, 0.6) is 5.75 Å². The van der Waals surface area contributed by atoms with Crippen LogP contribution < -0.4 is 4.74 Å². The summed E-state index contributed by atoms with van der Waals surface area (Å²) in [5, 5.41) is 8.85. The van der Waals surface area contributed by atoms with Crippen molar-refractivity contribution in [3.05, 3.63) is 29.3 Å². The van der Waals surface area contributed by atoms with E-state index >= 15 is 0 Å². The van der Waals surface area contributed by atoms with Crippen molar-refractivity contribution in [2.24, 2.45) is 0 Å². The molecule has 0 N–H and O–H groups in total. The van der Waals surface area contributed by atoms with E-state index in [1.54, 1.807) is 0 Å². The summed E-state index contributed by atoms with van der Waals surface area (Å²) < 4.78 is 5.51. The first-order valence-electron chi connectivity index (χ1n) is 5.86. The van der Waals surface area contributed by atoms with Crippen LogP contribution in [0.1, 0.15) is 30.5 Å². The van der Waals surface area contributed by atoms with E-state index in [0.717, 1.165) is 16.9 Å². The van der Waals surface area contributed by atoms with E-state index in [2.05, 4.69) is 17.0 Å². The lowest BCUT2D eigenvalue weighted by Gasteiger charge is -2.23. The van der Waals surface area contributed by atoms with Crippen LogP contribution in [0.25, 0.3) is 0 Å². The molecule has 0 radical (unpaired) electrons. The number of rotatable bonds is 5. The molecule has 0 aromatic heterocycles. The summed E-state index contributed by atoms with van der Waals surface area (Å²) in [6.45, 7) is 4.69. The third kappa shape index (κ3) is 3.47. The molecule has 0 aliphatic rings. The molecule has 0 aliphatic heterocycles. The van der Waals surface area contributed by atoms with Gasteiger partial charge in [0.15, 0.2) is 0 Å². The van der Waals surface area contributed by atoms with Gasteiger partial charge in [-0.3, -0.25) is 0 Å². The molecule has 17 heavy (non-hydrogen) atoms. The smallest absolute Gasteiger partial charge is 0.122 e. The molecule has 1 unspecified atom stereocenters. The summed E-state index contributed by atoms with van der Waals surface area (Å²) in [6.07, 6.45) is 0.500. The third-order valence-electron chi connectivity index (χ3n) is 2.79. The van der Waals surface area contributed by atoms with Crippen molar-refractivity contribution in [1.82, 2.24) is 4.90 Å². The molecule has 0 saturated heterocycles. The Kier molecular flexibility index (Phi) is 4.99. The van der Waals surface area contributed by atoms with Gasteiger partial charge in [-0.2, -0.15) is 5.26 Å². The summed E-state index contributed by atoms with van der Waals surface area (Å²) in [4.78, 5) is 2.07. The van der Waals surface area contributed by atoms with Crippen LogP contribution in [0.3, 0.4) is 0 Å². The number of nitrogens with zero attached hydrogens (tertiary/aromatic N) is 2. The number of hydrogen-bond acceptors (Lipinski definition) is 3. The zero-order valence-corrected chi connectivity index (χ0v) is 11.0. The van der Waals surface area contributed by atoms with Crippen LogP contribution in [0.15, 0.2) is 18.2 Å². The van der Waals surface area contributed by atoms with Crippen molar-refractivity contribution < 1.29 is 4.74 Å². The number of hydrogen-bond donors (Lipinski definition) is 0. The van der Waals surface area contributed by atoms with Gasteiger partial charge in [0.2, 0.25) is 0 Å². The lowest BCUT2D eigenvalue weighted by Crippen LogP contribution is -2.19. The van der Waals surface area contributed by atoms with Crippen molar-refractivity contribution in [2.45, 2.75) is 26.3 Å². The Labute approximate surface area is 104 Å². The first-order valence-corrected chi connectivity index (χ1v) is 5.86. The largest absolute Gasteiger partial charge is 0.494 e. The average Bonchev–Trinajstić information content (AvgIpc) is 2.28. The van der Waals surface area contributed by atoms with E-state index in [1.807, 2.05) is 40.1 Å². The second-order valence-corrected chi connectivity index (χ2v) is 4.30. The van der Waals surface area contributed by atoms with Crippen LogP contribution in [0.4, 0.5) is 0 Å². The Hall–Kier alpha value is -1.53. The van der Waals surface area contributed by atoms with Gasteiger partial charge in [-0.15, -0.1) is 0 Å². The first kappa shape index (κ1) is 13.5. The summed E-state index contributed by atoms with van der Waals surface area (Å²) >= 11 is 0. The van der Waals surface area contributed by atoms with E-state index < -0.39 is 0 Å². The second-order valence-electron chi connectivity index (χ2n) is 4.30. The molecule has 1 aromatic carbocycles. The van der Waals surface area contributed by atoms with Gasteiger partial charge in [0.05, 0.1) is 19.1 Å². The maximum Gasteiger partial charge on any atom is 0.122 e. The molecule has 1 rings (SSSR count). The van der Waals surface area contributed by atoms with Gasteiger partial charge < -0.3 is 9.64 Å². The zero-order valence-electron chi connectivity index (χ0n) is 11.0. The molecule has 0 fully saturated rings. The Balaban J connectivity index is 2.98. The SMILES string of the molecule is CCOc1ccc(C(CC#N)N(C)C)cc1C.